The maximum atomic E-state index is 4.57. The zero-order chi connectivity index (χ0) is 15.4. The van der Waals surface area contributed by atoms with Crippen LogP contribution in [-0.4, -0.2) is 19.7 Å². The van der Waals surface area contributed by atoms with Crippen molar-refractivity contribution in [2.75, 3.05) is 0 Å². The lowest BCUT2D eigenvalue weighted by Crippen LogP contribution is -1.88. The van der Waals surface area contributed by atoms with Crippen molar-refractivity contribution in [1.29, 1.82) is 0 Å². The number of pyridine rings is 1. The average Bonchev–Trinajstić information content (AvgIpc) is 3.12. The van der Waals surface area contributed by atoms with Gasteiger partial charge in [-0.25, -0.2) is 4.98 Å². The monoisotopic (exact) mass is 296 g/mol. The van der Waals surface area contributed by atoms with Crippen molar-refractivity contribution >= 4 is 11.0 Å². The Morgan fingerprint density at radius 2 is 2.00 bits per heavy atom. The van der Waals surface area contributed by atoms with Crippen molar-refractivity contribution in [3.63, 3.8) is 0 Å². The minimum atomic E-state index is 0.952. The van der Waals surface area contributed by atoms with Crippen LogP contribution in [0.3, 0.4) is 0 Å². The molecule has 0 atom stereocenters. The van der Waals surface area contributed by atoms with Crippen LogP contribution < -0.4 is 0 Å². The Hall–Kier alpha value is -2.10. The average molecular weight is 296 g/mol. The van der Waals surface area contributed by atoms with Crippen LogP contribution in [0.5, 0.6) is 0 Å². The van der Waals surface area contributed by atoms with Crippen molar-refractivity contribution in [2.45, 2.75) is 45.4 Å². The van der Waals surface area contributed by atoms with Crippen molar-refractivity contribution in [3.05, 3.63) is 36.4 Å². The molecular formula is C18H24N4. The van der Waals surface area contributed by atoms with Crippen molar-refractivity contribution in [1.82, 2.24) is 19.7 Å². The summed E-state index contributed by atoms with van der Waals surface area (Å²) in [5, 5.41) is 5.46. The topological polar surface area (TPSA) is 46.5 Å². The molecule has 22 heavy (non-hydrogen) atoms. The maximum Gasteiger partial charge on any atom is 0.137 e. The molecular weight excluding hydrogens is 272 g/mol. The summed E-state index contributed by atoms with van der Waals surface area (Å²) in [6.45, 7) is 2.25. The van der Waals surface area contributed by atoms with Crippen LogP contribution in [0.2, 0.25) is 0 Å². The van der Waals surface area contributed by atoms with E-state index in [0.29, 0.717) is 0 Å². The number of nitrogens with one attached hydrogen (secondary N) is 1. The molecule has 0 spiro atoms. The summed E-state index contributed by atoms with van der Waals surface area (Å²) in [6.07, 6.45) is 15.6. The summed E-state index contributed by atoms with van der Waals surface area (Å²) in [5.41, 5.74) is 4.60. The number of nitrogens with zero attached hydrogens (tertiary/aromatic N) is 3. The van der Waals surface area contributed by atoms with Crippen molar-refractivity contribution in [2.24, 2.45) is 7.05 Å². The van der Waals surface area contributed by atoms with E-state index in [9.17, 15) is 0 Å². The number of unbranched alkanes of at least 4 members (excludes halogenated alkanes) is 4. The molecule has 3 aromatic rings. The van der Waals surface area contributed by atoms with Gasteiger partial charge >= 0.3 is 0 Å². The second-order valence-corrected chi connectivity index (χ2v) is 6.01. The Morgan fingerprint density at radius 3 is 2.77 bits per heavy atom. The second kappa shape index (κ2) is 6.77. The molecule has 3 heterocycles. The molecule has 0 fully saturated rings. The first-order valence-electron chi connectivity index (χ1n) is 8.23. The van der Waals surface area contributed by atoms with Crippen molar-refractivity contribution in [3.8, 4) is 11.1 Å². The third-order valence-electron chi connectivity index (χ3n) is 4.17. The van der Waals surface area contributed by atoms with Crippen LogP contribution in [0.25, 0.3) is 22.2 Å². The predicted molar refractivity (Wildman–Crippen MR) is 90.8 cm³/mol. The van der Waals surface area contributed by atoms with Gasteiger partial charge in [-0.2, -0.15) is 5.10 Å². The second-order valence-electron chi connectivity index (χ2n) is 6.01. The number of aryl methyl sites for hydroxylation is 2. The van der Waals surface area contributed by atoms with Crippen LogP contribution in [0.1, 0.15) is 44.6 Å². The molecule has 0 aliphatic rings. The zero-order valence-corrected chi connectivity index (χ0v) is 13.5. The molecule has 3 aromatic heterocycles. The third kappa shape index (κ3) is 3.21. The van der Waals surface area contributed by atoms with Gasteiger partial charge in [0.2, 0.25) is 0 Å². The lowest BCUT2D eigenvalue weighted by Gasteiger charge is -2.02. The number of aromatic nitrogens is 4. The predicted octanol–water partition coefficient (Wildman–Crippen LogP) is 4.48. The molecule has 0 bridgehead atoms. The lowest BCUT2D eigenvalue weighted by atomic mass is 10.0. The summed E-state index contributed by atoms with van der Waals surface area (Å²) in [5.74, 6) is 0. The van der Waals surface area contributed by atoms with E-state index in [1.807, 2.05) is 36.5 Å². The quantitative estimate of drug-likeness (QED) is 0.654. The van der Waals surface area contributed by atoms with Gasteiger partial charge in [0, 0.05) is 42.2 Å². The number of rotatable bonds is 7. The number of fused-ring (bicyclic) bond motifs is 1. The van der Waals surface area contributed by atoms with Gasteiger partial charge in [-0.05, 0) is 24.5 Å². The largest absolute Gasteiger partial charge is 0.346 e. The van der Waals surface area contributed by atoms with Crippen LogP contribution in [0.15, 0.2) is 30.9 Å². The normalized spacial score (nSPS) is 11.4. The first-order valence-corrected chi connectivity index (χ1v) is 8.23. The minimum absolute atomic E-state index is 0.952. The highest BCUT2D eigenvalue weighted by atomic mass is 15.2. The Kier molecular flexibility index (Phi) is 4.56. The molecule has 0 amide bonds. The molecule has 0 unspecified atom stereocenters. The molecule has 1 N–H and O–H groups in total. The molecule has 0 saturated carbocycles. The van der Waals surface area contributed by atoms with E-state index < -0.39 is 0 Å². The van der Waals surface area contributed by atoms with Crippen LogP contribution in [0.4, 0.5) is 0 Å². The fourth-order valence-electron chi connectivity index (χ4n) is 2.92. The highest BCUT2D eigenvalue weighted by Gasteiger charge is 2.09. The SMILES string of the molecule is CCCCCCCc1cnc2[nH]cc(-c3cnn(C)c3)c2c1. The highest BCUT2D eigenvalue weighted by molar-refractivity contribution is 5.93. The van der Waals surface area contributed by atoms with Gasteiger partial charge in [-0.3, -0.25) is 4.68 Å². The van der Waals surface area contributed by atoms with E-state index in [0.717, 1.165) is 17.6 Å². The Balaban J connectivity index is 1.77. The van der Waals surface area contributed by atoms with E-state index in [-0.39, 0.29) is 0 Å². The molecule has 3 rings (SSSR count). The number of hydrogen-bond acceptors (Lipinski definition) is 2. The Labute approximate surface area is 131 Å². The van der Waals surface area contributed by atoms with Crippen LogP contribution in [0, 0.1) is 0 Å². The smallest absolute Gasteiger partial charge is 0.137 e. The molecule has 0 aliphatic heterocycles. The van der Waals surface area contributed by atoms with E-state index in [1.54, 1.807) is 0 Å². The summed E-state index contributed by atoms with van der Waals surface area (Å²) >= 11 is 0. The standard InChI is InChI=1S/C18H24N4/c1-3-4-5-6-7-8-14-9-16-17(12-20-18(16)19-10-14)15-11-21-22(2)13-15/h9-13H,3-8H2,1-2H3,(H,19,20). The van der Waals surface area contributed by atoms with Gasteiger partial charge in [0.05, 0.1) is 6.20 Å². The fraction of sp³-hybridized carbons (Fsp3) is 0.444. The first kappa shape index (κ1) is 14.8. The van der Waals surface area contributed by atoms with Gasteiger partial charge in [0.25, 0.3) is 0 Å². The maximum absolute atomic E-state index is 4.57. The van der Waals surface area contributed by atoms with Gasteiger partial charge in [-0.15, -0.1) is 0 Å². The molecule has 4 heteroatoms. The molecule has 0 saturated heterocycles. The summed E-state index contributed by atoms with van der Waals surface area (Å²) in [7, 11) is 1.94. The van der Waals surface area contributed by atoms with Gasteiger partial charge in [0.15, 0.2) is 0 Å². The van der Waals surface area contributed by atoms with E-state index >= 15 is 0 Å². The Morgan fingerprint density at radius 1 is 1.14 bits per heavy atom. The minimum Gasteiger partial charge on any atom is -0.346 e. The third-order valence-corrected chi connectivity index (χ3v) is 4.17. The highest BCUT2D eigenvalue weighted by Crippen LogP contribution is 2.28. The molecule has 0 radical (unpaired) electrons. The molecule has 4 nitrogen and oxygen atoms in total. The number of hydrogen-bond donors (Lipinski definition) is 1. The van der Waals surface area contributed by atoms with Gasteiger partial charge < -0.3 is 4.98 Å². The van der Waals surface area contributed by atoms with E-state index in [2.05, 4.69) is 28.1 Å². The molecule has 0 aliphatic carbocycles. The van der Waals surface area contributed by atoms with Crippen LogP contribution >= 0.6 is 0 Å². The number of H-pyrrole nitrogens is 1. The first-order chi connectivity index (χ1) is 10.8. The fourth-order valence-corrected chi connectivity index (χ4v) is 2.92. The van der Waals surface area contributed by atoms with Crippen LogP contribution in [-0.2, 0) is 13.5 Å². The van der Waals surface area contributed by atoms with Crippen molar-refractivity contribution < 1.29 is 0 Å². The summed E-state index contributed by atoms with van der Waals surface area (Å²) in [4.78, 5) is 7.83. The lowest BCUT2D eigenvalue weighted by molar-refractivity contribution is 0.632. The van der Waals surface area contributed by atoms with Gasteiger partial charge in [0.1, 0.15) is 5.65 Å². The Bertz CT molecular complexity index is 738. The summed E-state index contributed by atoms with van der Waals surface area (Å²) < 4.78 is 1.83. The number of aromatic amines is 1. The summed E-state index contributed by atoms with van der Waals surface area (Å²) in [6, 6.07) is 2.28. The molecule has 116 valence electrons. The molecule has 0 aromatic carbocycles. The van der Waals surface area contributed by atoms with E-state index in [1.165, 1.54) is 48.6 Å². The zero-order valence-electron chi connectivity index (χ0n) is 13.5. The van der Waals surface area contributed by atoms with Gasteiger partial charge in [-0.1, -0.05) is 32.6 Å². The van der Waals surface area contributed by atoms with E-state index in [4.69, 9.17) is 0 Å².